The molecular weight excluding hydrogens is 376 g/mol. The molecule has 0 saturated heterocycles. The number of rotatable bonds is 7. The first-order chi connectivity index (χ1) is 12.6. The minimum atomic E-state index is -0.914. The lowest BCUT2D eigenvalue weighted by atomic mass is 10.3. The van der Waals surface area contributed by atoms with Crippen molar-refractivity contribution in [1.29, 1.82) is 0 Å². The van der Waals surface area contributed by atoms with E-state index in [2.05, 4.69) is 15.3 Å². The molecule has 0 saturated carbocycles. The van der Waals surface area contributed by atoms with Crippen LogP contribution in [-0.4, -0.2) is 28.2 Å². The normalized spacial score (nSPS) is 10.7. The lowest BCUT2D eigenvalue weighted by molar-refractivity contribution is -0.118. The lowest BCUT2D eigenvalue weighted by Crippen LogP contribution is -2.27. The van der Waals surface area contributed by atoms with Gasteiger partial charge in [-0.05, 0) is 30.3 Å². The van der Waals surface area contributed by atoms with E-state index in [9.17, 15) is 13.6 Å². The van der Waals surface area contributed by atoms with Gasteiger partial charge in [0, 0.05) is 29.4 Å². The first-order valence-corrected chi connectivity index (χ1v) is 9.69. The second-order valence-electron chi connectivity index (χ2n) is 5.31. The van der Waals surface area contributed by atoms with Crippen molar-refractivity contribution in [3.8, 4) is 11.4 Å². The van der Waals surface area contributed by atoms with Gasteiger partial charge < -0.3 is 5.32 Å². The third-order valence-electron chi connectivity index (χ3n) is 3.40. The Hall–Kier alpha value is -2.32. The second kappa shape index (κ2) is 8.86. The van der Waals surface area contributed by atoms with Crippen molar-refractivity contribution in [2.24, 2.45) is 0 Å². The maximum absolute atomic E-state index is 13.1. The topological polar surface area (TPSA) is 54.9 Å². The summed E-state index contributed by atoms with van der Waals surface area (Å²) in [6.07, 6.45) is 2.35. The first kappa shape index (κ1) is 18.5. The number of carbonyl (C=O) groups is 1. The predicted octanol–water partition coefficient (Wildman–Crippen LogP) is 3.93. The van der Waals surface area contributed by atoms with Gasteiger partial charge >= 0.3 is 0 Å². The van der Waals surface area contributed by atoms with Gasteiger partial charge in [-0.3, -0.25) is 9.78 Å². The van der Waals surface area contributed by atoms with Crippen LogP contribution in [-0.2, 0) is 11.2 Å². The van der Waals surface area contributed by atoms with E-state index in [-0.39, 0.29) is 11.7 Å². The summed E-state index contributed by atoms with van der Waals surface area (Å²) in [5, 5.41) is 5.66. The van der Waals surface area contributed by atoms with Crippen molar-refractivity contribution in [3.05, 3.63) is 64.6 Å². The zero-order valence-corrected chi connectivity index (χ0v) is 15.2. The molecule has 0 atom stereocenters. The summed E-state index contributed by atoms with van der Waals surface area (Å²) in [5.74, 6) is -1.83. The zero-order valence-electron chi connectivity index (χ0n) is 13.6. The van der Waals surface area contributed by atoms with Gasteiger partial charge in [0.05, 0.1) is 22.1 Å². The number of benzene rings is 1. The van der Waals surface area contributed by atoms with Gasteiger partial charge in [0.15, 0.2) is 11.6 Å². The van der Waals surface area contributed by atoms with Crippen LogP contribution in [0, 0.1) is 11.6 Å². The molecule has 2 aromatic heterocycles. The SMILES string of the molecule is O=C(CSc1ccc(F)c(F)c1)NCCc1nc(-c2ccccn2)cs1. The van der Waals surface area contributed by atoms with Gasteiger partial charge in [0.25, 0.3) is 0 Å². The lowest BCUT2D eigenvalue weighted by Gasteiger charge is -2.04. The summed E-state index contributed by atoms with van der Waals surface area (Å²) in [4.78, 5) is 21.1. The Balaban J connectivity index is 1.42. The molecule has 0 fully saturated rings. The summed E-state index contributed by atoms with van der Waals surface area (Å²) in [5.41, 5.74) is 1.65. The van der Waals surface area contributed by atoms with Gasteiger partial charge in [-0.25, -0.2) is 13.8 Å². The standard InChI is InChI=1S/C18H15F2N3OS2/c19-13-5-4-12(9-14(13)20)25-11-17(24)22-8-6-18-23-16(10-26-18)15-3-1-2-7-21-15/h1-5,7,9-10H,6,8,11H2,(H,22,24). The van der Waals surface area contributed by atoms with Crippen molar-refractivity contribution in [2.45, 2.75) is 11.3 Å². The van der Waals surface area contributed by atoms with E-state index in [1.165, 1.54) is 17.4 Å². The van der Waals surface area contributed by atoms with E-state index in [0.29, 0.717) is 17.9 Å². The van der Waals surface area contributed by atoms with E-state index in [1.54, 1.807) is 6.20 Å². The van der Waals surface area contributed by atoms with Crippen molar-refractivity contribution < 1.29 is 13.6 Å². The van der Waals surface area contributed by atoms with Crippen LogP contribution in [0.25, 0.3) is 11.4 Å². The summed E-state index contributed by atoms with van der Waals surface area (Å²) in [6.45, 7) is 0.465. The molecular formula is C18H15F2N3OS2. The number of hydrogen-bond donors (Lipinski definition) is 1. The second-order valence-corrected chi connectivity index (χ2v) is 7.30. The predicted molar refractivity (Wildman–Crippen MR) is 99.1 cm³/mol. The van der Waals surface area contributed by atoms with Crippen molar-refractivity contribution in [2.75, 3.05) is 12.3 Å². The van der Waals surface area contributed by atoms with Crippen molar-refractivity contribution in [3.63, 3.8) is 0 Å². The van der Waals surface area contributed by atoms with Crippen LogP contribution in [0.2, 0.25) is 0 Å². The third-order valence-corrected chi connectivity index (χ3v) is 5.30. The molecule has 0 unspecified atom stereocenters. The first-order valence-electron chi connectivity index (χ1n) is 7.82. The van der Waals surface area contributed by atoms with Gasteiger partial charge in [0.2, 0.25) is 5.91 Å². The largest absolute Gasteiger partial charge is 0.355 e. The Kier molecular flexibility index (Phi) is 6.30. The highest BCUT2D eigenvalue weighted by Crippen LogP contribution is 2.21. The van der Waals surface area contributed by atoms with Crippen LogP contribution in [0.4, 0.5) is 8.78 Å². The van der Waals surface area contributed by atoms with Gasteiger partial charge in [-0.15, -0.1) is 23.1 Å². The van der Waals surface area contributed by atoms with Gasteiger partial charge in [0.1, 0.15) is 0 Å². The minimum Gasteiger partial charge on any atom is -0.355 e. The molecule has 1 amide bonds. The van der Waals surface area contributed by atoms with Crippen LogP contribution in [0.15, 0.2) is 52.9 Å². The maximum atomic E-state index is 13.1. The molecule has 3 aromatic rings. The Labute approximate surface area is 157 Å². The molecule has 134 valence electrons. The summed E-state index contributed by atoms with van der Waals surface area (Å²) in [6, 6.07) is 9.25. The smallest absolute Gasteiger partial charge is 0.230 e. The molecule has 0 spiro atoms. The molecule has 26 heavy (non-hydrogen) atoms. The molecule has 2 heterocycles. The van der Waals surface area contributed by atoms with E-state index in [1.807, 2.05) is 23.6 Å². The number of nitrogens with zero attached hydrogens (tertiary/aromatic N) is 2. The van der Waals surface area contributed by atoms with Crippen LogP contribution in [0.3, 0.4) is 0 Å². The monoisotopic (exact) mass is 391 g/mol. The average molecular weight is 391 g/mol. The van der Waals surface area contributed by atoms with Crippen LogP contribution < -0.4 is 5.32 Å². The molecule has 4 nitrogen and oxygen atoms in total. The quantitative estimate of drug-likeness (QED) is 0.620. The molecule has 3 rings (SSSR count). The Morgan fingerprint density at radius 1 is 1.15 bits per heavy atom. The maximum Gasteiger partial charge on any atom is 0.230 e. The number of hydrogen-bond acceptors (Lipinski definition) is 5. The average Bonchev–Trinajstić information content (AvgIpc) is 3.12. The number of aromatic nitrogens is 2. The number of carbonyl (C=O) groups excluding carboxylic acids is 1. The van der Waals surface area contributed by atoms with E-state index < -0.39 is 11.6 Å². The Bertz CT molecular complexity index is 887. The molecule has 0 radical (unpaired) electrons. The zero-order chi connectivity index (χ0) is 18.4. The summed E-state index contributed by atoms with van der Waals surface area (Å²) >= 11 is 2.68. The van der Waals surface area contributed by atoms with Crippen molar-refractivity contribution >= 4 is 29.0 Å². The summed E-state index contributed by atoms with van der Waals surface area (Å²) < 4.78 is 26.0. The van der Waals surface area contributed by atoms with Crippen LogP contribution in [0.1, 0.15) is 5.01 Å². The Morgan fingerprint density at radius 2 is 2.04 bits per heavy atom. The molecule has 0 aliphatic heterocycles. The fourth-order valence-electron chi connectivity index (χ4n) is 2.13. The van der Waals surface area contributed by atoms with Crippen LogP contribution in [0.5, 0.6) is 0 Å². The van der Waals surface area contributed by atoms with Crippen LogP contribution >= 0.6 is 23.1 Å². The summed E-state index contributed by atoms with van der Waals surface area (Å²) in [7, 11) is 0. The Morgan fingerprint density at radius 3 is 2.81 bits per heavy atom. The number of thioether (sulfide) groups is 1. The highest BCUT2D eigenvalue weighted by atomic mass is 32.2. The van der Waals surface area contributed by atoms with E-state index >= 15 is 0 Å². The van der Waals surface area contributed by atoms with E-state index in [0.717, 1.165) is 40.3 Å². The van der Waals surface area contributed by atoms with Gasteiger partial charge in [-0.1, -0.05) is 6.07 Å². The highest BCUT2D eigenvalue weighted by Gasteiger charge is 2.08. The molecule has 8 heteroatoms. The third kappa shape index (κ3) is 5.09. The van der Waals surface area contributed by atoms with Gasteiger partial charge in [-0.2, -0.15) is 0 Å². The number of pyridine rings is 1. The molecule has 0 aliphatic rings. The molecule has 1 aromatic carbocycles. The number of nitrogens with one attached hydrogen (secondary N) is 1. The molecule has 0 bridgehead atoms. The highest BCUT2D eigenvalue weighted by molar-refractivity contribution is 8.00. The molecule has 1 N–H and O–H groups in total. The minimum absolute atomic E-state index is 0.141. The fraction of sp³-hybridized carbons (Fsp3) is 0.167. The van der Waals surface area contributed by atoms with E-state index in [4.69, 9.17) is 0 Å². The number of thiazole rings is 1. The number of halogens is 2. The number of amides is 1. The molecule has 0 aliphatic carbocycles. The van der Waals surface area contributed by atoms with Crippen molar-refractivity contribution in [1.82, 2.24) is 15.3 Å². The fourth-order valence-corrected chi connectivity index (χ4v) is 3.68.